The number of nitrogens with zero attached hydrogens (tertiary/aromatic N) is 1. The summed E-state index contributed by atoms with van der Waals surface area (Å²) in [6.45, 7) is 4.42. The van der Waals surface area contributed by atoms with Crippen LogP contribution < -0.4 is 10.5 Å². The summed E-state index contributed by atoms with van der Waals surface area (Å²) < 4.78 is 5.85. The fourth-order valence-corrected chi connectivity index (χ4v) is 1.97. The first-order chi connectivity index (χ1) is 9.08. The van der Waals surface area contributed by atoms with Gasteiger partial charge in [0.2, 0.25) is 0 Å². The number of rotatable bonds is 4. The van der Waals surface area contributed by atoms with Gasteiger partial charge in [-0.3, -0.25) is 10.4 Å². The quantitative estimate of drug-likeness (QED) is 0.651. The summed E-state index contributed by atoms with van der Waals surface area (Å²) in [5, 5.41) is 7.47. The highest BCUT2D eigenvalue weighted by Crippen LogP contribution is 2.25. The molecule has 2 rings (SSSR count). The van der Waals surface area contributed by atoms with Crippen molar-refractivity contribution < 1.29 is 4.74 Å². The molecule has 1 aromatic heterocycles. The van der Waals surface area contributed by atoms with E-state index in [1.165, 1.54) is 0 Å². The van der Waals surface area contributed by atoms with Gasteiger partial charge in [-0.05, 0) is 54.8 Å². The van der Waals surface area contributed by atoms with E-state index in [1.807, 2.05) is 38.1 Å². The highest BCUT2D eigenvalue weighted by molar-refractivity contribution is 5.95. The number of hydrogen-bond acceptors (Lipinski definition) is 3. The van der Waals surface area contributed by atoms with Gasteiger partial charge in [0.1, 0.15) is 18.2 Å². The Hall–Kier alpha value is -2.36. The minimum Gasteiger partial charge on any atom is -0.488 e. The molecular formula is C15H17N3O. The maximum atomic E-state index is 7.47. The number of amidine groups is 1. The normalized spacial score (nSPS) is 10.2. The van der Waals surface area contributed by atoms with Gasteiger partial charge >= 0.3 is 0 Å². The van der Waals surface area contributed by atoms with Crippen LogP contribution in [0.5, 0.6) is 5.75 Å². The van der Waals surface area contributed by atoms with Gasteiger partial charge < -0.3 is 10.5 Å². The van der Waals surface area contributed by atoms with E-state index in [4.69, 9.17) is 15.9 Å². The Labute approximate surface area is 112 Å². The summed E-state index contributed by atoms with van der Waals surface area (Å²) in [7, 11) is 0. The van der Waals surface area contributed by atoms with Gasteiger partial charge in [-0.2, -0.15) is 0 Å². The topological polar surface area (TPSA) is 72.0 Å². The molecule has 0 amide bonds. The lowest BCUT2D eigenvalue weighted by Gasteiger charge is -2.13. The minimum atomic E-state index is 0.0758. The van der Waals surface area contributed by atoms with Crippen LogP contribution in [0.1, 0.15) is 22.3 Å². The zero-order valence-electron chi connectivity index (χ0n) is 11.1. The number of nitrogen functional groups attached to an aromatic ring is 1. The van der Waals surface area contributed by atoms with Crippen molar-refractivity contribution in [3.63, 3.8) is 0 Å². The van der Waals surface area contributed by atoms with Crippen LogP contribution in [-0.4, -0.2) is 10.8 Å². The number of nitrogens with two attached hydrogens (primary N) is 1. The van der Waals surface area contributed by atoms with Crippen LogP contribution in [-0.2, 0) is 6.61 Å². The number of hydrogen-bond donors (Lipinski definition) is 2. The number of aromatic nitrogens is 1. The molecule has 0 spiro atoms. The van der Waals surface area contributed by atoms with Crippen LogP contribution in [0.3, 0.4) is 0 Å². The molecule has 2 aromatic rings. The molecule has 0 bridgehead atoms. The highest BCUT2D eigenvalue weighted by atomic mass is 16.5. The molecule has 0 saturated carbocycles. The molecule has 19 heavy (non-hydrogen) atoms. The summed E-state index contributed by atoms with van der Waals surface area (Å²) in [6, 6.07) is 7.59. The van der Waals surface area contributed by atoms with Crippen molar-refractivity contribution in [3.05, 3.63) is 58.9 Å². The number of benzene rings is 1. The van der Waals surface area contributed by atoms with Crippen LogP contribution >= 0.6 is 0 Å². The average molecular weight is 255 g/mol. The third kappa shape index (κ3) is 3.10. The molecule has 1 heterocycles. The molecule has 0 aliphatic rings. The van der Waals surface area contributed by atoms with Gasteiger partial charge in [-0.15, -0.1) is 0 Å². The van der Waals surface area contributed by atoms with Crippen molar-refractivity contribution in [2.45, 2.75) is 20.5 Å². The Kier molecular flexibility index (Phi) is 3.80. The summed E-state index contributed by atoms with van der Waals surface area (Å²) in [6.07, 6.45) is 3.49. The molecular weight excluding hydrogens is 238 g/mol. The first kappa shape index (κ1) is 13.1. The number of pyridine rings is 1. The lowest BCUT2D eigenvalue weighted by molar-refractivity contribution is 0.302. The molecule has 3 N–H and O–H groups in total. The smallest absolute Gasteiger partial charge is 0.125 e. The predicted molar refractivity (Wildman–Crippen MR) is 75.5 cm³/mol. The standard InChI is InChI=1S/C15H17N3O/c1-10-7-13(15(16)17)8-11(2)14(10)19-9-12-3-5-18-6-4-12/h3-8H,9H2,1-2H3,(H3,16,17). The van der Waals surface area contributed by atoms with Crippen LogP contribution in [0, 0.1) is 19.3 Å². The van der Waals surface area contributed by atoms with E-state index in [9.17, 15) is 0 Å². The molecule has 0 aliphatic heterocycles. The molecule has 0 radical (unpaired) electrons. The SMILES string of the molecule is Cc1cc(C(=N)N)cc(C)c1OCc1ccncc1. The minimum absolute atomic E-state index is 0.0758. The Bertz CT molecular complexity index is 571. The van der Waals surface area contributed by atoms with E-state index in [2.05, 4.69) is 4.98 Å². The zero-order valence-corrected chi connectivity index (χ0v) is 11.1. The van der Waals surface area contributed by atoms with Crippen LogP contribution in [0.4, 0.5) is 0 Å². The zero-order chi connectivity index (χ0) is 13.8. The maximum Gasteiger partial charge on any atom is 0.125 e. The Balaban J connectivity index is 2.19. The summed E-state index contributed by atoms with van der Waals surface area (Å²) in [5.41, 5.74) is 9.27. The monoisotopic (exact) mass is 255 g/mol. The van der Waals surface area contributed by atoms with Crippen molar-refractivity contribution in [2.75, 3.05) is 0 Å². The van der Waals surface area contributed by atoms with E-state index in [0.29, 0.717) is 6.61 Å². The summed E-state index contributed by atoms with van der Waals surface area (Å²) >= 11 is 0. The first-order valence-electron chi connectivity index (χ1n) is 6.05. The molecule has 0 aliphatic carbocycles. The molecule has 0 unspecified atom stereocenters. The largest absolute Gasteiger partial charge is 0.488 e. The molecule has 1 aromatic carbocycles. The van der Waals surface area contributed by atoms with Gasteiger partial charge in [0, 0.05) is 18.0 Å². The van der Waals surface area contributed by atoms with E-state index in [1.54, 1.807) is 12.4 Å². The highest BCUT2D eigenvalue weighted by Gasteiger charge is 2.08. The van der Waals surface area contributed by atoms with Crippen LogP contribution in [0.2, 0.25) is 0 Å². The Morgan fingerprint density at radius 1 is 1.21 bits per heavy atom. The lowest BCUT2D eigenvalue weighted by atomic mass is 10.1. The van der Waals surface area contributed by atoms with Crippen molar-refractivity contribution in [2.24, 2.45) is 5.73 Å². The number of ether oxygens (including phenoxy) is 1. The fourth-order valence-electron chi connectivity index (χ4n) is 1.97. The third-order valence-corrected chi connectivity index (χ3v) is 2.90. The molecule has 4 heteroatoms. The third-order valence-electron chi connectivity index (χ3n) is 2.90. The number of aryl methyl sites for hydroxylation is 2. The Morgan fingerprint density at radius 2 is 1.79 bits per heavy atom. The maximum absolute atomic E-state index is 7.47. The second-order valence-corrected chi connectivity index (χ2v) is 4.50. The van der Waals surface area contributed by atoms with E-state index < -0.39 is 0 Å². The molecule has 4 nitrogen and oxygen atoms in total. The van der Waals surface area contributed by atoms with Gasteiger partial charge in [-0.1, -0.05) is 0 Å². The van der Waals surface area contributed by atoms with Crippen LogP contribution in [0.25, 0.3) is 0 Å². The fraction of sp³-hybridized carbons (Fsp3) is 0.200. The Morgan fingerprint density at radius 3 is 2.32 bits per heavy atom. The van der Waals surface area contributed by atoms with E-state index in [0.717, 1.165) is 28.0 Å². The second kappa shape index (κ2) is 5.52. The van der Waals surface area contributed by atoms with Crippen molar-refractivity contribution >= 4 is 5.84 Å². The molecule has 98 valence electrons. The van der Waals surface area contributed by atoms with Gasteiger partial charge in [0.05, 0.1) is 0 Å². The van der Waals surface area contributed by atoms with Crippen molar-refractivity contribution in [1.29, 1.82) is 5.41 Å². The molecule has 0 saturated heterocycles. The van der Waals surface area contributed by atoms with E-state index >= 15 is 0 Å². The summed E-state index contributed by atoms with van der Waals surface area (Å²) in [4.78, 5) is 3.97. The van der Waals surface area contributed by atoms with Crippen molar-refractivity contribution in [3.8, 4) is 5.75 Å². The number of nitrogens with one attached hydrogen (secondary N) is 1. The molecule has 0 atom stereocenters. The van der Waals surface area contributed by atoms with Gasteiger partial charge in [-0.25, -0.2) is 0 Å². The van der Waals surface area contributed by atoms with Crippen molar-refractivity contribution in [1.82, 2.24) is 4.98 Å². The average Bonchev–Trinajstić information content (AvgIpc) is 2.38. The predicted octanol–water partition coefficient (Wildman–Crippen LogP) is 2.56. The van der Waals surface area contributed by atoms with E-state index in [-0.39, 0.29) is 5.84 Å². The van der Waals surface area contributed by atoms with Gasteiger partial charge in [0.15, 0.2) is 0 Å². The van der Waals surface area contributed by atoms with Gasteiger partial charge in [0.25, 0.3) is 0 Å². The first-order valence-corrected chi connectivity index (χ1v) is 6.05. The second-order valence-electron chi connectivity index (χ2n) is 4.50. The summed E-state index contributed by atoms with van der Waals surface area (Å²) in [5.74, 6) is 0.925. The lowest BCUT2D eigenvalue weighted by Crippen LogP contribution is -2.12. The van der Waals surface area contributed by atoms with Crippen LogP contribution in [0.15, 0.2) is 36.7 Å². The molecule has 0 fully saturated rings.